The summed E-state index contributed by atoms with van der Waals surface area (Å²) in [6.07, 6.45) is 0. The molecule has 0 bridgehead atoms. The van der Waals surface area contributed by atoms with Crippen LogP contribution in [0.15, 0.2) is 94.3 Å². The van der Waals surface area contributed by atoms with Gasteiger partial charge < -0.3 is 10.2 Å². The highest BCUT2D eigenvalue weighted by Crippen LogP contribution is 2.27. The first kappa shape index (κ1) is 27.4. The molecule has 1 atom stereocenters. The SMILES string of the molecule is CC(C)NC(=O)C(C)N(Cc1ccccc1)C(=O)CN(c1cccc(Br)c1)S(=O)(=O)c1ccccc1. The molecule has 0 saturated carbocycles. The van der Waals surface area contributed by atoms with Crippen LogP contribution in [0.2, 0.25) is 0 Å². The van der Waals surface area contributed by atoms with Crippen LogP contribution >= 0.6 is 15.9 Å². The van der Waals surface area contributed by atoms with Crippen molar-refractivity contribution in [2.75, 3.05) is 10.8 Å². The number of carbonyl (C=O) groups excluding carboxylic acids is 2. The van der Waals surface area contributed by atoms with Gasteiger partial charge in [0.15, 0.2) is 0 Å². The van der Waals surface area contributed by atoms with E-state index in [2.05, 4.69) is 21.2 Å². The number of nitrogens with one attached hydrogen (secondary N) is 1. The first-order valence-electron chi connectivity index (χ1n) is 11.6. The Morgan fingerprint density at radius 3 is 2.08 bits per heavy atom. The number of carbonyl (C=O) groups is 2. The fraction of sp³-hybridized carbons (Fsp3) is 0.259. The Morgan fingerprint density at radius 1 is 0.889 bits per heavy atom. The maximum Gasteiger partial charge on any atom is 0.264 e. The summed E-state index contributed by atoms with van der Waals surface area (Å²) in [5.41, 5.74) is 1.16. The summed E-state index contributed by atoms with van der Waals surface area (Å²) in [6, 6.07) is 23.1. The van der Waals surface area contributed by atoms with Gasteiger partial charge in [-0.2, -0.15) is 0 Å². The van der Waals surface area contributed by atoms with E-state index in [1.807, 2.05) is 44.2 Å². The van der Waals surface area contributed by atoms with Crippen molar-refractivity contribution in [3.8, 4) is 0 Å². The van der Waals surface area contributed by atoms with Gasteiger partial charge in [0.25, 0.3) is 10.0 Å². The van der Waals surface area contributed by atoms with E-state index >= 15 is 0 Å². The Balaban J connectivity index is 2.01. The molecule has 3 aromatic rings. The van der Waals surface area contributed by atoms with Crippen molar-refractivity contribution in [2.45, 2.75) is 44.3 Å². The van der Waals surface area contributed by atoms with Gasteiger partial charge in [-0.15, -0.1) is 0 Å². The van der Waals surface area contributed by atoms with Gasteiger partial charge in [-0.1, -0.05) is 70.5 Å². The third-order valence-electron chi connectivity index (χ3n) is 5.50. The minimum Gasteiger partial charge on any atom is -0.352 e. The van der Waals surface area contributed by atoms with Crippen molar-refractivity contribution < 1.29 is 18.0 Å². The summed E-state index contributed by atoms with van der Waals surface area (Å²) in [5, 5.41) is 2.84. The highest BCUT2D eigenvalue weighted by molar-refractivity contribution is 9.10. The highest BCUT2D eigenvalue weighted by atomic mass is 79.9. The molecule has 7 nitrogen and oxygen atoms in total. The number of benzene rings is 3. The van der Waals surface area contributed by atoms with E-state index in [0.29, 0.717) is 10.2 Å². The summed E-state index contributed by atoms with van der Waals surface area (Å²) < 4.78 is 29.1. The molecule has 2 amide bonds. The van der Waals surface area contributed by atoms with Crippen LogP contribution in [0.3, 0.4) is 0 Å². The van der Waals surface area contributed by atoms with Crippen LogP contribution in [0.1, 0.15) is 26.3 Å². The van der Waals surface area contributed by atoms with Crippen molar-refractivity contribution in [3.05, 3.63) is 95.0 Å². The average molecular weight is 573 g/mol. The van der Waals surface area contributed by atoms with Gasteiger partial charge in [-0.3, -0.25) is 13.9 Å². The summed E-state index contributed by atoms with van der Waals surface area (Å²) in [6.45, 7) is 5.02. The normalized spacial score (nSPS) is 12.1. The van der Waals surface area contributed by atoms with Gasteiger partial charge in [-0.25, -0.2) is 8.42 Å². The Labute approximate surface area is 221 Å². The number of hydrogen-bond acceptors (Lipinski definition) is 4. The van der Waals surface area contributed by atoms with E-state index in [1.165, 1.54) is 17.0 Å². The third kappa shape index (κ3) is 6.95. The zero-order chi connectivity index (χ0) is 26.3. The minimum atomic E-state index is -4.07. The standard InChI is InChI=1S/C27H30BrN3O4S/c1-20(2)29-27(33)21(3)30(18-22-11-6-4-7-12-22)26(32)19-31(24-14-10-13-23(28)17-24)36(34,35)25-15-8-5-9-16-25/h4-17,20-21H,18-19H2,1-3H3,(H,29,33). The lowest BCUT2D eigenvalue weighted by molar-refractivity contribution is -0.139. The lowest BCUT2D eigenvalue weighted by atomic mass is 10.1. The largest absolute Gasteiger partial charge is 0.352 e. The number of halogens is 1. The lowest BCUT2D eigenvalue weighted by Crippen LogP contribution is -2.52. The Kier molecular flexibility index (Phi) is 9.28. The quantitative estimate of drug-likeness (QED) is 0.385. The Bertz CT molecular complexity index is 1280. The number of rotatable bonds is 10. The van der Waals surface area contributed by atoms with Crippen LogP contribution in [-0.4, -0.2) is 43.8 Å². The molecule has 0 aliphatic carbocycles. The van der Waals surface area contributed by atoms with Crippen LogP contribution in [-0.2, 0) is 26.2 Å². The molecule has 0 aliphatic heterocycles. The van der Waals surface area contributed by atoms with Crippen molar-refractivity contribution in [1.29, 1.82) is 0 Å². The van der Waals surface area contributed by atoms with Gasteiger partial charge in [0.2, 0.25) is 11.8 Å². The molecule has 9 heteroatoms. The number of anilines is 1. The molecule has 0 saturated heterocycles. The number of nitrogens with zero attached hydrogens (tertiary/aromatic N) is 2. The number of amides is 2. The topological polar surface area (TPSA) is 86.8 Å². The molecule has 3 rings (SSSR count). The van der Waals surface area contributed by atoms with Crippen LogP contribution in [0.4, 0.5) is 5.69 Å². The Morgan fingerprint density at radius 2 is 1.50 bits per heavy atom. The van der Waals surface area contributed by atoms with E-state index < -0.39 is 28.5 Å². The summed E-state index contributed by atoms with van der Waals surface area (Å²) >= 11 is 3.39. The first-order chi connectivity index (χ1) is 17.1. The zero-order valence-corrected chi connectivity index (χ0v) is 22.9. The molecule has 1 unspecified atom stereocenters. The summed E-state index contributed by atoms with van der Waals surface area (Å²) in [7, 11) is -4.07. The zero-order valence-electron chi connectivity index (χ0n) is 20.5. The molecule has 0 aliphatic rings. The van der Waals surface area contributed by atoms with E-state index in [0.717, 1.165) is 9.87 Å². The van der Waals surface area contributed by atoms with Gasteiger partial charge in [0.05, 0.1) is 10.6 Å². The molecule has 0 aromatic heterocycles. The second-order valence-electron chi connectivity index (χ2n) is 8.65. The van der Waals surface area contributed by atoms with Crippen LogP contribution in [0.5, 0.6) is 0 Å². The average Bonchev–Trinajstić information content (AvgIpc) is 2.86. The van der Waals surface area contributed by atoms with Crippen LogP contribution in [0.25, 0.3) is 0 Å². The second kappa shape index (κ2) is 12.2. The first-order valence-corrected chi connectivity index (χ1v) is 13.8. The molecular weight excluding hydrogens is 542 g/mol. The molecule has 0 fully saturated rings. The van der Waals surface area contributed by atoms with E-state index in [-0.39, 0.29) is 23.4 Å². The minimum absolute atomic E-state index is 0.0676. The van der Waals surface area contributed by atoms with Gasteiger partial charge in [-0.05, 0) is 56.7 Å². The van der Waals surface area contributed by atoms with Crippen LogP contribution < -0.4 is 9.62 Å². The van der Waals surface area contributed by atoms with Crippen molar-refractivity contribution in [3.63, 3.8) is 0 Å². The van der Waals surface area contributed by atoms with E-state index in [1.54, 1.807) is 49.4 Å². The smallest absolute Gasteiger partial charge is 0.264 e. The number of sulfonamides is 1. The maximum atomic E-state index is 13.8. The van der Waals surface area contributed by atoms with Crippen molar-refractivity contribution >= 4 is 43.5 Å². The predicted molar refractivity (Wildman–Crippen MR) is 145 cm³/mol. The molecule has 0 heterocycles. The monoisotopic (exact) mass is 571 g/mol. The third-order valence-corrected chi connectivity index (χ3v) is 7.78. The van der Waals surface area contributed by atoms with E-state index in [9.17, 15) is 18.0 Å². The molecular formula is C27H30BrN3O4S. The van der Waals surface area contributed by atoms with Crippen molar-refractivity contribution in [1.82, 2.24) is 10.2 Å². The van der Waals surface area contributed by atoms with E-state index in [4.69, 9.17) is 0 Å². The predicted octanol–water partition coefficient (Wildman–Crippen LogP) is 4.59. The van der Waals surface area contributed by atoms with Crippen LogP contribution in [0, 0.1) is 0 Å². The maximum absolute atomic E-state index is 13.8. The Hall–Kier alpha value is -3.17. The summed E-state index contributed by atoms with van der Waals surface area (Å²) in [4.78, 5) is 28.1. The molecule has 0 radical (unpaired) electrons. The molecule has 190 valence electrons. The molecule has 36 heavy (non-hydrogen) atoms. The lowest BCUT2D eigenvalue weighted by Gasteiger charge is -2.32. The molecule has 0 spiro atoms. The van der Waals surface area contributed by atoms with Gasteiger partial charge in [0.1, 0.15) is 12.6 Å². The molecule has 1 N–H and O–H groups in total. The highest BCUT2D eigenvalue weighted by Gasteiger charge is 2.32. The number of hydrogen-bond donors (Lipinski definition) is 1. The summed E-state index contributed by atoms with van der Waals surface area (Å²) in [5.74, 6) is -0.807. The van der Waals surface area contributed by atoms with Gasteiger partial charge in [0, 0.05) is 17.1 Å². The fourth-order valence-electron chi connectivity index (χ4n) is 3.65. The fourth-order valence-corrected chi connectivity index (χ4v) is 5.46. The van der Waals surface area contributed by atoms with Crippen molar-refractivity contribution in [2.24, 2.45) is 0 Å². The van der Waals surface area contributed by atoms with Gasteiger partial charge >= 0.3 is 0 Å². The second-order valence-corrected chi connectivity index (χ2v) is 11.4. The molecule has 3 aromatic carbocycles.